The minimum Gasteiger partial charge on any atom is -0.351 e. The minimum atomic E-state index is -3.83. The van der Waals surface area contributed by atoms with Crippen LogP contribution < -0.4 is 5.32 Å². The predicted octanol–water partition coefficient (Wildman–Crippen LogP) is 2.84. The van der Waals surface area contributed by atoms with Gasteiger partial charge in [-0.05, 0) is 29.3 Å². The molecular weight excluding hydrogens is 499 g/mol. The van der Waals surface area contributed by atoms with Crippen LogP contribution in [0.3, 0.4) is 0 Å². The van der Waals surface area contributed by atoms with E-state index in [9.17, 15) is 17.6 Å². The molecule has 0 spiro atoms. The maximum absolute atomic E-state index is 13.5. The molecule has 0 aliphatic carbocycles. The number of sulfonamides is 1. The molecule has 2 aromatic carbocycles. The van der Waals surface area contributed by atoms with E-state index >= 15 is 0 Å². The third-order valence-electron chi connectivity index (χ3n) is 5.53. The molecule has 1 amide bonds. The molecule has 10 heteroatoms. The Hall–Kier alpha value is -2.56. The van der Waals surface area contributed by atoms with E-state index in [1.807, 2.05) is 24.3 Å². The molecule has 2 atom stereocenters. The fraction of sp³-hybridized carbons (Fsp3) is 0.273. The van der Waals surface area contributed by atoms with E-state index in [0.717, 1.165) is 15.6 Å². The van der Waals surface area contributed by atoms with Gasteiger partial charge in [0.2, 0.25) is 5.91 Å². The lowest BCUT2D eigenvalue weighted by molar-refractivity contribution is -0.121. The monoisotopic (exact) mass is 520 g/mol. The lowest BCUT2D eigenvalue weighted by atomic mass is 9.94. The van der Waals surface area contributed by atoms with Gasteiger partial charge in [-0.15, -0.1) is 0 Å². The van der Waals surface area contributed by atoms with Crippen LogP contribution in [-0.4, -0.2) is 47.3 Å². The van der Waals surface area contributed by atoms with Crippen LogP contribution in [0.4, 0.5) is 4.39 Å². The summed E-state index contributed by atoms with van der Waals surface area (Å²) in [6, 6.07) is 12.9. The summed E-state index contributed by atoms with van der Waals surface area (Å²) in [6.07, 6.45) is 3.03. The van der Waals surface area contributed by atoms with Crippen LogP contribution in [-0.2, 0) is 28.3 Å². The van der Waals surface area contributed by atoms with Gasteiger partial charge in [-0.3, -0.25) is 4.79 Å². The van der Waals surface area contributed by atoms with Gasteiger partial charge in [0.25, 0.3) is 10.0 Å². The van der Waals surface area contributed by atoms with E-state index in [2.05, 4.69) is 26.2 Å². The van der Waals surface area contributed by atoms with E-state index in [1.165, 1.54) is 29.0 Å². The zero-order valence-electron chi connectivity index (χ0n) is 17.3. The highest BCUT2D eigenvalue weighted by molar-refractivity contribution is 9.10. The highest BCUT2D eigenvalue weighted by atomic mass is 79.9. The van der Waals surface area contributed by atoms with E-state index in [1.54, 1.807) is 23.7 Å². The van der Waals surface area contributed by atoms with Crippen molar-refractivity contribution in [1.29, 1.82) is 0 Å². The lowest BCUT2D eigenvalue weighted by Gasteiger charge is -2.20. The zero-order valence-corrected chi connectivity index (χ0v) is 19.7. The first-order valence-electron chi connectivity index (χ1n) is 10.0. The summed E-state index contributed by atoms with van der Waals surface area (Å²) in [5.41, 5.74) is 1.59. The molecule has 1 aliphatic heterocycles. The van der Waals surface area contributed by atoms with Gasteiger partial charge in [-0.1, -0.05) is 46.3 Å². The maximum atomic E-state index is 13.5. The highest BCUT2D eigenvalue weighted by Gasteiger charge is 2.41. The van der Waals surface area contributed by atoms with Crippen molar-refractivity contribution >= 4 is 31.9 Å². The summed E-state index contributed by atoms with van der Waals surface area (Å²) in [4.78, 5) is 16.8. The number of amides is 1. The van der Waals surface area contributed by atoms with E-state index in [4.69, 9.17) is 0 Å². The van der Waals surface area contributed by atoms with Crippen molar-refractivity contribution in [2.45, 2.75) is 23.4 Å². The number of nitrogens with zero attached hydrogens (tertiary/aromatic N) is 3. The first-order valence-corrected chi connectivity index (χ1v) is 12.2. The number of nitrogens with one attached hydrogen (secondary N) is 1. The Morgan fingerprint density at radius 3 is 2.56 bits per heavy atom. The summed E-state index contributed by atoms with van der Waals surface area (Å²) in [6.45, 7) is 0.257. The van der Waals surface area contributed by atoms with Crippen LogP contribution in [0.2, 0.25) is 0 Å². The molecule has 0 unspecified atom stereocenters. The third-order valence-corrected chi connectivity index (χ3v) is 8.02. The second kappa shape index (κ2) is 9.13. The Morgan fingerprint density at radius 2 is 1.91 bits per heavy atom. The van der Waals surface area contributed by atoms with Crippen molar-refractivity contribution in [3.8, 4) is 0 Å². The van der Waals surface area contributed by atoms with Gasteiger partial charge in [0.15, 0.2) is 5.03 Å². The summed E-state index contributed by atoms with van der Waals surface area (Å²) in [5, 5.41) is 2.95. The van der Waals surface area contributed by atoms with Gasteiger partial charge in [-0.25, -0.2) is 17.8 Å². The fourth-order valence-corrected chi connectivity index (χ4v) is 5.77. The molecule has 1 N–H and O–H groups in total. The number of carbonyl (C=O) groups is 1. The number of imidazole rings is 1. The predicted molar refractivity (Wildman–Crippen MR) is 121 cm³/mol. The lowest BCUT2D eigenvalue weighted by Crippen LogP contribution is -2.41. The fourth-order valence-electron chi connectivity index (χ4n) is 3.88. The molecule has 1 saturated heterocycles. The van der Waals surface area contributed by atoms with Gasteiger partial charge in [-0.2, -0.15) is 4.31 Å². The number of aryl methyl sites for hydroxylation is 1. The quantitative estimate of drug-likeness (QED) is 0.541. The smallest absolute Gasteiger partial charge is 0.262 e. The first kappa shape index (κ1) is 22.6. The molecule has 2 heterocycles. The molecule has 1 aliphatic rings. The van der Waals surface area contributed by atoms with Gasteiger partial charge < -0.3 is 9.88 Å². The molecule has 4 rings (SSSR count). The maximum Gasteiger partial charge on any atom is 0.262 e. The standard InChI is InChI=1S/C22H22BrFN4O3S/c1-27-13-22(25-14-27)32(30,31)28-11-18(15-6-8-17(24)9-7-15)20(12-28)26-21(29)10-16-4-2-3-5-19(16)23/h2-9,13-14,18,20H,10-12H2,1H3,(H,26,29)/t18-,20+/m1/s1. The van der Waals surface area contributed by atoms with Crippen LogP contribution in [0.15, 0.2) is 70.6 Å². The molecule has 0 radical (unpaired) electrons. The molecule has 0 bridgehead atoms. The summed E-state index contributed by atoms with van der Waals surface area (Å²) in [7, 11) is -2.14. The third kappa shape index (κ3) is 4.77. The van der Waals surface area contributed by atoms with Crippen molar-refractivity contribution < 1.29 is 17.6 Å². The Kier molecular flexibility index (Phi) is 6.45. The van der Waals surface area contributed by atoms with Crippen LogP contribution in [0.1, 0.15) is 17.0 Å². The van der Waals surface area contributed by atoms with Crippen LogP contribution in [0.25, 0.3) is 0 Å². The molecule has 1 fully saturated rings. The molecule has 7 nitrogen and oxygen atoms in total. The number of rotatable bonds is 6. The summed E-state index contributed by atoms with van der Waals surface area (Å²) in [5.74, 6) is -0.914. The summed E-state index contributed by atoms with van der Waals surface area (Å²) < 4.78 is 43.4. The van der Waals surface area contributed by atoms with Crippen molar-refractivity contribution in [3.05, 3.63) is 82.5 Å². The Labute approximate surface area is 194 Å². The van der Waals surface area contributed by atoms with Crippen LogP contribution >= 0.6 is 15.9 Å². The van der Waals surface area contributed by atoms with Crippen LogP contribution in [0, 0.1) is 5.82 Å². The number of hydrogen-bond donors (Lipinski definition) is 1. The van der Waals surface area contributed by atoms with Crippen molar-refractivity contribution in [1.82, 2.24) is 19.2 Å². The van der Waals surface area contributed by atoms with Crippen molar-refractivity contribution in [2.75, 3.05) is 13.1 Å². The second-order valence-corrected chi connectivity index (χ2v) is 10.5. The molecular formula is C22H22BrFN4O3S. The minimum absolute atomic E-state index is 0.0435. The number of benzene rings is 2. The van der Waals surface area contributed by atoms with Crippen LogP contribution in [0.5, 0.6) is 0 Å². The number of aromatic nitrogens is 2. The van der Waals surface area contributed by atoms with Gasteiger partial charge in [0.05, 0.1) is 18.8 Å². The molecule has 168 valence electrons. The molecule has 3 aromatic rings. The highest BCUT2D eigenvalue weighted by Crippen LogP contribution is 2.31. The first-order chi connectivity index (χ1) is 15.2. The molecule has 32 heavy (non-hydrogen) atoms. The van der Waals surface area contributed by atoms with Crippen molar-refractivity contribution in [3.63, 3.8) is 0 Å². The average Bonchev–Trinajstić information content (AvgIpc) is 3.38. The SMILES string of the molecule is Cn1cnc(S(=O)(=O)N2C[C@H](NC(=O)Cc3ccccc3Br)[C@@H](c3ccc(F)cc3)C2)c1. The molecule has 1 aromatic heterocycles. The zero-order chi connectivity index (χ0) is 22.9. The topological polar surface area (TPSA) is 84.3 Å². The van der Waals surface area contributed by atoms with Gasteiger partial charge >= 0.3 is 0 Å². The number of carbonyl (C=O) groups excluding carboxylic acids is 1. The Bertz CT molecular complexity index is 1230. The van der Waals surface area contributed by atoms with Crippen molar-refractivity contribution in [2.24, 2.45) is 7.05 Å². The van der Waals surface area contributed by atoms with E-state index in [0.29, 0.717) is 0 Å². The van der Waals surface area contributed by atoms with E-state index < -0.39 is 16.1 Å². The average molecular weight is 521 g/mol. The van der Waals surface area contributed by atoms with Gasteiger partial charge in [0, 0.05) is 36.7 Å². The van der Waals surface area contributed by atoms with E-state index in [-0.39, 0.29) is 42.2 Å². The Balaban J connectivity index is 1.58. The number of halogens is 2. The Morgan fingerprint density at radius 1 is 1.19 bits per heavy atom. The normalized spacial score (nSPS) is 19.2. The summed E-state index contributed by atoms with van der Waals surface area (Å²) >= 11 is 3.44. The number of hydrogen-bond acceptors (Lipinski definition) is 4. The second-order valence-electron chi connectivity index (χ2n) is 7.80. The molecule has 0 saturated carbocycles. The van der Waals surface area contributed by atoms with Gasteiger partial charge in [0.1, 0.15) is 5.82 Å². The largest absolute Gasteiger partial charge is 0.351 e.